The fourth-order valence-electron chi connectivity index (χ4n) is 3.90. The number of fused-ring (bicyclic) bond motifs is 1. The molecule has 3 nitrogen and oxygen atoms in total. The summed E-state index contributed by atoms with van der Waals surface area (Å²) in [5, 5.41) is 2.46. The van der Waals surface area contributed by atoms with Crippen molar-refractivity contribution in [1.82, 2.24) is 0 Å². The van der Waals surface area contributed by atoms with E-state index < -0.39 is 0 Å². The van der Waals surface area contributed by atoms with Crippen LogP contribution in [0.2, 0.25) is 0 Å². The zero-order valence-electron chi connectivity index (χ0n) is 21.3. The molecule has 1 aliphatic carbocycles. The summed E-state index contributed by atoms with van der Waals surface area (Å²) in [5.74, 6) is 1.31. The minimum atomic E-state index is 0. The number of nitrogens with zero attached hydrogens (tertiary/aromatic N) is 1. The van der Waals surface area contributed by atoms with Crippen LogP contribution in [0.1, 0.15) is 79.6 Å². The molecule has 2 N–H and O–H groups in total. The summed E-state index contributed by atoms with van der Waals surface area (Å²) in [5.41, 5.74) is 7.31. The van der Waals surface area contributed by atoms with Crippen LogP contribution in [0.3, 0.4) is 0 Å². The van der Waals surface area contributed by atoms with E-state index in [0.717, 1.165) is 12.2 Å². The third-order valence-corrected chi connectivity index (χ3v) is 6.70. The van der Waals surface area contributed by atoms with Gasteiger partial charge in [0.05, 0.1) is 7.11 Å². The topological polar surface area (TPSA) is 53.1 Å². The summed E-state index contributed by atoms with van der Waals surface area (Å²) < 4.78 is 5.22. The van der Waals surface area contributed by atoms with Gasteiger partial charge in [0.15, 0.2) is 0 Å². The predicted octanol–water partition coefficient (Wildman–Crippen LogP) is 8.21. The van der Waals surface area contributed by atoms with Crippen LogP contribution >= 0.6 is 0 Å². The first-order chi connectivity index (χ1) is 15.2. The molecule has 1 atom stereocenters. The molecule has 0 saturated carbocycles. The van der Waals surface area contributed by atoms with Gasteiger partial charge in [0.25, 0.3) is 0 Å². The van der Waals surface area contributed by atoms with Crippen LogP contribution in [-0.2, 0) is 0 Å². The van der Waals surface area contributed by atoms with Gasteiger partial charge in [0, 0.05) is 25.7 Å². The van der Waals surface area contributed by atoms with Crippen molar-refractivity contribution < 1.29 is 11.6 Å². The molecule has 0 saturated heterocycles. The Bertz CT molecular complexity index is 1070. The fourth-order valence-corrected chi connectivity index (χ4v) is 3.90. The van der Waals surface area contributed by atoms with Crippen molar-refractivity contribution in [2.75, 3.05) is 7.11 Å². The molecule has 180 valence electrons. The van der Waals surface area contributed by atoms with E-state index >= 15 is 0 Å². The van der Waals surface area contributed by atoms with Gasteiger partial charge in [-0.25, -0.2) is 0 Å². The van der Waals surface area contributed by atoms with E-state index in [1.165, 1.54) is 58.9 Å². The molecular formula is C30H43NO2. The second-order valence-corrected chi connectivity index (χ2v) is 10.2. The van der Waals surface area contributed by atoms with Gasteiger partial charge in [-0.2, -0.15) is 0 Å². The molecule has 3 heteroatoms. The van der Waals surface area contributed by atoms with Crippen molar-refractivity contribution in [2.45, 2.75) is 72.6 Å². The summed E-state index contributed by atoms with van der Waals surface area (Å²) in [7, 11) is 1.69. The van der Waals surface area contributed by atoms with E-state index in [1.54, 1.807) is 12.7 Å². The van der Waals surface area contributed by atoms with Crippen molar-refractivity contribution in [3.8, 4) is 5.75 Å². The lowest BCUT2D eigenvalue weighted by atomic mass is 9.84. The molecule has 2 aromatic carbocycles. The maximum Gasteiger partial charge on any atom is 0.119 e. The van der Waals surface area contributed by atoms with Crippen molar-refractivity contribution in [3.05, 3.63) is 77.5 Å². The van der Waals surface area contributed by atoms with Gasteiger partial charge in [-0.15, -0.1) is 0 Å². The Labute approximate surface area is 201 Å². The van der Waals surface area contributed by atoms with Gasteiger partial charge in [-0.1, -0.05) is 75.8 Å². The summed E-state index contributed by atoms with van der Waals surface area (Å²) in [4.78, 5) is 4.54. The maximum absolute atomic E-state index is 5.22. The molecule has 0 bridgehead atoms. The number of allylic oxidation sites excluding steroid dienone is 4. The Balaban J connectivity index is 0.000000323. The monoisotopic (exact) mass is 449 g/mol. The van der Waals surface area contributed by atoms with Crippen LogP contribution in [0.15, 0.2) is 77.0 Å². The van der Waals surface area contributed by atoms with Gasteiger partial charge in [-0.3, -0.25) is 4.99 Å². The van der Waals surface area contributed by atoms with Crippen LogP contribution in [0.4, 0.5) is 0 Å². The van der Waals surface area contributed by atoms with Gasteiger partial charge >= 0.3 is 0 Å². The summed E-state index contributed by atoms with van der Waals surface area (Å²) >= 11 is 0. The molecule has 4 rings (SSSR count). The number of methoxy groups -OCH3 is 1. The number of aliphatic imine (C=N–C) groups is 1. The zero-order chi connectivity index (χ0) is 23.3. The molecule has 2 aliphatic rings. The van der Waals surface area contributed by atoms with Crippen LogP contribution < -0.4 is 4.74 Å². The van der Waals surface area contributed by atoms with Crippen LogP contribution in [0.5, 0.6) is 5.75 Å². The molecule has 2 aromatic rings. The first-order valence-corrected chi connectivity index (χ1v) is 11.8. The Hall–Kier alpha value is -2.65. The Kier molecular flexibility index (Phi) is 9.25. The predicted molar refractivity (Wildman–Crippen MR) is 146 cm³/mol. The van der Waals surface area contributed by atoms with E-state index in [1.807, 2.05) is 6.07 Å². The smallest absolute Gasteiger partial charge is 0.119 e. The fraction of sp³-hybridized carbons (Fsp3) is 0.433. The summed E-state index contributed by atoms with van der Waals surface area (Å²) in [6.45, 7) is 15.1. The minimum absolute atomic E-state index is 0. The lowest BCUT2D eigenvalue weighted by Gasteiger charge is -2.20. The Morgan fingerprint density at radius 3 is 2.33 bits per heavy atom. The first kappa shape index (κ1) is 26.6. The molecule has 0 spiro atoms. The summed E-state index contributed by atoms with van der Waals surface area (Å²) in [6, 6.07) is 12.7. The van der Waals surface area contributed by atoms with E-state index in [9.17, 15) is 0 Å². The van der Waals surface area contributed by atoms with Gasteiger partial charge in [0.2, 0.25) is 0 Å². The highest BCUT2D eigenvalue weighted by Crippen LogP contribution is 2.33. The number of rotatable bonds is 6. The second-order valence-electron chi connectivity index (χ2n) is 10.2. The van der Waals surface area contributed by atoms with Gasteiger partial charge in [-0.05, 0) is 72.1 Å². The zero-order valence-corrected chi connectivity index (χ0v) is 21.3. The van der Waals surface area contributed by atoms with Crippen molar-refractivity contribution in [3.63, 3.8) is 0 Å². The number of ether oxygens (including phenoxy) is 1. The lowest BCUT2D eigenvalue weighted by Crippen LogP contribution is -2.10. The molecular weight excluding hydrogens is 406 g/mol. The highest BCUT2D eigenvalue weighted by molar-refractivity contribution is 5.89. The third kappa shape index (κ3) is 7.17. The van der Waals surface area contributed by atoms with Crippen molar-refractivity contribution >= 4 is 16.5 Å². The lowest BCUT2D eigenvalue weighted by molar-refractivity contribution is 0.415. The number of benzene rings is 2. The van der Waals surface area contributed by atoms with Gasteiger partial charge in [0.1, 0.15) is 5.75 Å². The van der Waals surface area contributed by atoms with E-state index in [2.05, 4.69) is 88.8 Å². The maximum atomic E-state index is 5.22. The normalized spacial score (nSPS) is 15.8. The van der Waals surface area contributed by atoms with E-state index in [0.29, 0.717) is 11.3 Å². The van der Waals surface area contributed by atoms with Crippen LogP contribution in [-0.4, -0.2) is 18.3 Å². The second kappa shape index (κ2) is 11.5. The molecule has 0 amide bonds. The van der Waals surface area contributed by atoms with E-state index in [-0.39, 0.29) is 6.90 Å². The van der Waals surface area contributed by atoms with Gasteiger partial charge < -0.3 is 10.2 Å². The third-order valence-electron chi connectivity index (χ3n) is 6.70. The molecule has 0 aromatic heterocycles. The molecule has 0 fully saturated rings. The van der Waals surface area contributed by atoms with Crippen molar-refractivity contribution in [2.24, 2.45) is 10.4 Å². The largest absolute Gasteiger partial charge is 0.497 e. The molecule has 1 aliphatic heterocycles. The standard InChI is InChI=1S/C16H18O.C14H21N.H2O.H2/c1-11(2)12(3)13-5-6-15-10-16(17-4)8-7-14(15)9-13;1-14(2,3)12-9-13(15-10-12)8-7-11-5-4-6-11;;/h5-10,12H,1H2,2-4H3;5,10H,4,6-9H2,1-3H3;1H2;1H/t12-;;;/m1.../s1. The Morgan fingerprint density at radius 1 is 1.12 bits per heavy atom. The highest BCUT2D eigenvalue weighted by Gasteiger charge is 2.22. The molecule has 0 unspecified atom stereocenters. The molecule has 33 heavy (non-hydrogen) atoms. The minimum Gasteiger partial charge on any atom is -0.497 e. The number of hydrogen-bond acceptors (Lipinski definition) is 2. The first-order valence-electron chi connectivity index (χ1n) is 11.8. The molecule has 0 radical (unpaired) electrons. The SMILES string of the molecule is C=C(C)[C@@H](C)c1ccc2cc(OC)ccc2c1.CC(C)(C)C1=CN=C(CCC2=CCC2)C1.O.[HH]. The van der Waals surface area contributed by atoms with Crippen molar-refractivity contribution in [1.29, 1.82) is 0 Å². The average Bonchev–Trinajstić information content (AvgIpc) is 3.21. The van der Waals surface area contributed by atoms with Crippen LogP contribution in [0.25, 0.3) is 10.8 Å². The van der Waals surface area contributed by atoms with Crippen LogP contribution in [0, 0.1) is 5.41 Å². The Morgan fingerprint density at radius 2 is 1.79 bits per heavy atom. The summed E-state index contributed by atoms with van der Waals surface area (Å²) in [6.07, 6.45) is 10.6. The molecule has 1 heterocycles. The highest BCUT2D eigenvalue weighted by atomic mass is 16.5. The number of hydrogen-bond donors (Lipinski definition) is 0. The average molecular weight is 450 g/mol. The van der Waals surface area contributed by atoms with E-state index in [4.69, 9.17) is 4.74 Å². The quantitative estimate of drug-likeness (QED) is 0.410.